The molecule has 21 nitrogen and oxygen atoms in total. The number of halogens is 6. The molecule has 0 spiro atoms. The van der Waals surface area contributed by atoms with Crippen molar-refractivity contribution < 1.29 is 96.0 Å². The molecule has 0 amide bonds. The monoisotopic (exact) mass is 1600 g/mol. The van der Waals surface area contributed by atoms with Crippen LogP contribution in [0.2, 0.25) is 18.1 Å². The Morgan fingerprint density at radius 1 is 0.440 bits per heavy atom. The minimum absolute atomic E-state index is 0.0106. The summed E-state index contributed by atoms with van der Waals surface area (Å²) in [5.74, 6) is -16.9. The number of benzene rings is 3. The zero-order valence-electron chi connectivity index (χ0n) is 64.0. The van der Waals surface area contributed by atoms with Crippen LogP contribution in [0.15, 0.2) is 87.5 Å². The highest BCUT2D eigenvalue weighted by molar-refractivity contribution is 7.89. The molecule has 31 heteroatoms. The molecule has 12 rings (SSSR count). The van der Waals surface area contributed by atoms with E-state index in [0.717, 1.165) is 38.5 Å². The molecular formula is C78H102F6N6O15S3Si. The van der Waals surface area contributed by atoms with Gasteiger partial charge in [-0.15, -0.1) is 0 Å². The first kappa shape index (κ1) is 85.7. The van der Waals surface area contributed by atoms with E-state index in [9.17, 15) is 69.7 Å². The molecule has 3 fully saturated rings. The summed E-state index contributed by atoms with van der Waals surface area (Å²) in [7, 11) is -11.5. The number of nitrogens with zero attached hydrogens (tertiary/aromatic N) is 6. The lowest BCUT2D eigenvalue weighted by molar-refractivity contribution is -0.192. The average Bonchev–Trinajstić information content (AvgIpc) is 1.61. The normalized spacial score (nSPS) is 19.9. The zero-order valence-corrected chi connectivity index (χ0v) is 67.6. The fraction of sp³-hybridized carbons (Fsp3) is 0.551. The van der Waals surface area contributed by atoms with Gasteiger partial charge in [0, 0.05) is 134 Å². The number of ketones is 2. The number of fused-ring (bicyclic) bond motifs is 3. The summed E-state index contributed by atoms with van der Waals surface area (Å²) in [6.07, 6.45) is 1.87. The van der Waals surface area contributed by atoms with Crippen LogP contribution in [0.25, 0.3) is 0 Å². The van der Waals surface area contributed by atoms with Gasteiger partial charge in [-0.1, -0.05) is 135 Å². The number of hydrogen-bond donors (Lipinski definition) is 4. The lowest BCUT2D eigenvalue weighted by atomic mass is 9.71. The SMILES string of the molecule is CC[SiH](CC)CC.Cc1c(Cc2ccccc2S(=O)(=O)N2CCCC2)c2c(n1CC(=O)O)CC(C)(C)C(F)(F)C2=O.Cc1c(Cc2ccccc2S(=O)(=O)N2CCCC2)c2c(n1CC(=O)O)CC(C)(C)C(F)(F)C2=O.Cc1c(Cc2ccccc2S(=O)(=O)N2CCCC2)c2c(n1CC(=O)O)CC(C)(C)C(F)(F)C2O. The molecule has 4 N–H and O–H groups in total. The van der Waals surface area contributed by atoms with Gasteiger partial charge in [-0.25, -0.2) is 34.0 Å². The number of carbonyl (C=O) groups excluding carboxylic acids is 2. The predicted molar refractivity (Wildman–Crippen MR) is 402 cm³/mol. The Hall–Kier alpha value is -7.26. The van der Waals surface area contributed by atoms with Crippen LogP contribution in [0.3, 0.4) is 0 Å². The van der Waals surface area contributed by atoms with Crippen LogP contribution in [0, 0.1) is 37.0 Å². The van der Waals surface area contributed by atoms with Crippen LogP contribution in [-0.2, 0) is 103 Å². The third kappa shape index (κ3) is 16.4. The molecule has 109 heavy (non-hydrogen) atoms. The van der Waals surface area contributed by atoms with Gasteiger partial charge in [-0.2, -0.15) is 30.5 Å². The predicted octanol–water partition coefficient (Wildman–Crippen LogP) is 13.1. The lowest BCUT2D eigenvalue weighted by Gasteiger charge is -2.42. The minimum Gasteiger partial charge on any atom is -0.480 e. The number of Topliss-reactive ketones (excluding diaryl/α,β-unsaturated/α-hetero) is 2. The molecule has 598 valence electrons. The molecule has 3 aliphatic carbocycles. The highest BCUT2D eigenvalue weighted by Crippen LogP contribution is 2.55. The molecule has 0 saturated carbocycles. The van der Waals surface area contributed by atoms with Crippen molar-refractivity contribution in [3.05, 3.63) is 157 Å². The van der Waals surface area contributed by atoms with Gasteiger partial charge in [0.15, 0.2) is 0 Å². The fourth-order valence-corrected chi connectivity index (χ4v) is 23.1. The molecule has 6 heterocycles. The molecule has 0 bridgehead atoms. The summed E-state index contributed by atoms with van der Waals surface area (Å²) in [4.78, 5) is 61.0. The Morgan fingerprint density at radius 3 is 0.991 bits per heavy atom. The van der Waals surface area contributed by atoms with E-state index in [4.69, 9.17) is 0 Å². The van der Waals surface area contributed by atoms with Crippen molar-refractivity contribution in [1.29, 1.82) is 0 Å². The van der Waals surface area contributed by atoms with E-state index in [1.807, 2.05) is 0 Å². The minimum atomic E-state index is -3.79. The Bertz CT molecular complexity index is 4630. The van der Waals surface area contributed by atoms with E-state index in [2.05, 4.69) is 20.8 Å². The molecule has 6 aromatic rings. The number of carbonyl (C=O) groups is 5. The Balaban J connectivity index is 0.000000180. The maximum absolute atomic E-state index is 15.2. The van der Waals surface area contributed by atoms with Gasteiger partial charge in [0.25, 0.3) is 5.92 Å². The number of hydrogen-bond acceptors (Lipinski definition) is 12. The second kappa shape index (κ2) is 32.4. The standard InChI is InChI=1S/C24H30F2N2O5S.2C24H28F2N2O5S.C6H16Si/c3*1-15-17(12-16-8-4-5-9-19(16)34(32,33)27-10-6-7-11-27)21-18(28(15)14-20(29)30)13-23(2,3)24(25,26)22(21)31;1-4-7(5-2)6-3/h4-5,8-9,22,31H,6-7,10-14H2,1-3H3,(H,29,30);2*4-5,8-9H,6-7,10-14H2,1-3H3,(H,29,30);7H,4-6H2,1-3H3. The van der Waals surface area contributed by atoms with Crippen LogP contribution in [0.1, 0.15) is 201 Å². The summed E-state index contributed by atoms with van der Waals surface area (Å²) in [6.45, 7) is 20.8. The molecule has 0 radical (unpaired) electrons. The van der Waals surface area contributed by atoms with Gasteiger partial charge in [0.1, 0.15) is 25.7 Å². The number of carboxylic acid groups (broad SMARTS) is 3. The topological polar surface area (TPSA) is 293 Å². The molecule has 6 aliphatic rings. The molecule has 3 aliphatic heterocycles. The fourth-order valence-electron chi connectivity index (χ4n) is 16.1. The highest BCUT2D eigenvalue weighted by atomic mass is 32.2. The van der Waals surface area contributed by atoms with Crippen molar-refractivity contribution in [2.75, 3.05) is 39.3 Å². The smallest absolute Gasteiger partial charge is 0.323 e. The molecule has 3 aromatic heterocycles. The second-order valence-corrected chi connectivity index (χ2v) is 41.3. The average molecular weight is 1600 g/mol. The maximum atomic E-state index is 15.2. The van der Waals surface area contributed by atoms with E-state index < -0.39 is 119 Å². The molecule has 3 saturated heterocycles. The molecule has 1 unspecified atom stereocenters. The lowest BCUT2D eigenvalue weighted by Crippen LogP contribution is -2.49. The van der Waals surface area contributed by atoms with E-state index in [-0.39, 0.29) is 101 Å². The second-order valence-electron chi connectivity index (χ2n) is 31.4. The van der Waals surface area contributed by atoms with Crippen LogP contribution >= 0.6 is 0 Å². The van der Waals surface area contributed by atoms with Gasteiger partial charge in [-0.3, -0.25) is 24.0 Å². The highest BCUT2D eigenvalue weighted by Gasteiger charge is 2.61. The largest absolute Gasteiger partial charge is 0.480 e. The third-order valence-corrected chi connectivity index (χ3v) is 32.5. The van der Waals surface area contributed by atoms with Crippen LogP contribution < -0.4 is 0 Å². The number of aliphatic hydroxyl groups is 1. The molecular weight excluding hydrogens is 1500 g/mol. The molecule has 1 atom stereocenters. The van der Waals surface area contributed by atoms with Crippen LogP contribution in [0.4, 0.5) is 26.3 Å². The summed E-state index contributed by atoms with van der Waals surface area (Å²) >= 11 is 0. The number of aliphatic carboxylic acids is 3. The number of rotatable bonds is 21. The van der Waals surface area contributed by atoms with Gasteiger partial charge in [0.2, 0.25) is 41.6 Å². The van der Waals surface area contributed by atoms with E-state index >= 15 is 26.3 Å². The summed E-state index contributed by atoms with van der Waals surface area (Å²) in [5, 5.41) is 39.1. The third-order valence-electron chi connectivity index (χ3n) is 23.1. The summed E-state index contributed by atoms with van der Waals surface area (Å²) in [6, 6.07) is 23.6. The van der Waals surface area contributed by atoms with Crippen molar-refractivity contribution in [3.63, 3.8) is 0 Å². The first-order chi connectivity index (χ1) is 50.7. The van der Waals surface area contributed by atoms with E-state index in [0.29, 0.717) is 84.3 Å². The number of aliphatic hydroxyl groups excluding tert-OH is 1. The van der Waals surface area contributed by atoms with Gasteiger partial charge < -0.3 is 34.1 Å². The number of aromatic nitrogens is 3. The number of alkyl halides is 6. The van der Waals surface area contributed by atoms with Crippen molar-refractivity contribution in [3.8, 4) is 0 Å². The van der Waals surface area contributed by atoms with Crippen LogP contribution in [0.5, 0.6) is 0 Å². The van der Waals surface area contributed by atoms with E-state index in [1.54, 1.807) is 75.4 Å². The first-order valence-corrected chi connectivity index (χ1v) is 43.9. The van der Waals surface area contributed by atoms with Crippen molar-refractivity contribution in [2.24, 2.45) is 16.2 Å². The van der Waals surface area contributed by atoms with Crippen LogP contribution in [-0.4, -0.2) is 168 Å². The van der Waals surface area contributed by atoms with Gasteiger partial charge in [-0.05, 0) is 130 Å². The Labute approximate surface area is 636 Å². The Morgan fingerprint density at radius 2 is 0.706 bits per heavy atom. The summed E-state index contributed by atoms with van der Waals surface area (Å²) in [5.41, 5.74) is -1.21. The maximum Gasteiger partial charge on any atom is 0.323 e. The quantitative estimate of drug-likeness (QED) is 0.0385. The number of sulfonamides is 3. The van der Waals surface area contributed by atoms with Crippen molar-refractivity contribution in [1.82, 2.24) is 26.6 Å². The summed E-state index contributed by atoms with van der Waals surface area (Å²) < 4.78 is 179. The number of carboxylic acids is 3. The van der Waals surface area contributed by atoms with Gasteiger partial charge in [0.05, 0.1) is 14.7 Å². The zero-order chi connectivity index (χ0) is 80.9. The first-order valence-electron chi connectivity index (χ1n) is 37.1. The molecule has 3 aromatic carbocycles. The van der Waals surface area contributed by atoms with E-state index in [1.165, 1.54) is 104 Å². The van der Waals surface area contributed by atoms with Gasteiger partial charge >= 0.3 is 29.8 Å². The van der Waals surface area contributed by atoms with Crippen molar-refractivity contribution in [2.45, 2.75) is 236 Å². The van der Waals surface area contributed by atoms with Crippen molar-refractivity contribution >= 4 is 68.3 Å². The Kier molecular flexibility index (Phi) is 25.5.